The maximum Gasteiger partial charge on any atom is 0.416 e. The van der Waals surface area contributed by atoms with Crippen molar-refractivity contribution in [2.24, 2.45) is 0 Å². The molecule has 8 nitrogen and oxygen atoms in total. The minimum atomic E-state index is -4.59. The molecule has 53 heavy (non-hydrogen) atoms. The van der Waals surface area contributed by atoms with Gasteiger partial charge in [-0.15, -0.1) is 0 Å². The molecule has 17 heteroatoms. The Kier molecular flexibility index (Phi) is 10.9. The lowest BCUT2D eigenvalue weighted by Crippen LogP contribution is -2.15. The molecule has 2 heterocycles. The SMILES string of the molecule is O=Cc1cc(-c2ccccc2)n(S(=O)(=O)c2ccc(C(F)(F)F)cc2)c1.O=Cc1cc(-c2ccccc2)n(S(=O)(=O)c2ccc(C(F)(F)F)cc2)c1Cl. The molecule has 0 saturated heterocycles. The third-order valence-corrected chi connectivity index (χ3v) is 11.5. The highest BCUT2D eigenvalue weighted by atomic mass is 35.5. The minimum absolute atomic E-state index is 0.0500. The molecular weight excluding hydrogens is 770 g/mol. The van der Waals surface area contributed by atoms with Crippen LogP contribution in [0.5, 0.6) is 0 Å². The van der Waals surface area contributed by atoms with Crippen LogP contribution in [-0.4, -0.2) is 37.4 Å². The molecule has 0 aliphatic rings. The second kappa shape index (κ2) is 14.9. The van der Waals surface area contributed by atoms with E-state index in [9.17, 15) is 52.8 Å². The van der Waals surface area contributed by atoms with Crippen LogP contribution in [0.1, 0.15) is 31.8 Å². The van der Waals surface area contributed by atoms with Gasteiger partial charge in [-0.05, 0) is 71.8 Å². The minimum Gasteiger partial charge on any atom is -0.298 e. The first kappa shape index (κ1) is 38.8. The largest absolute Gasteiger partial charge is 0.416 e. The van der Waals surface area contributed by atoms with E-state index in [0.717, 1.165) is 38.4 Å². The number of halogens is 7. The van der Waals surface area contributed by atoms with Crippen molar-refractivity contribution in [3.63, 3.8) is 0 Å². The van der Waals surface area contributed by atoms with Crippen LogP contribution >= 0.6 is 11.6 Å². The van der Waals surface area contributed by atoms with Crippen LogP contribution in [0.3, 0.4) is 0 Å². The molecule has 0 radical (unpaired) electrons. The lowest BCUT2D eigenvalue weighted by atomic mass is 10.1. The van der Waals surface area contributed by atoms with Crippen molar-refractivity contribution < 1.29 is 52.8 Å². The van der Waals surface area contributed by atoms with E-state index in [-0.39, 0.29) is 37.5 Å². The van der Waals surface area contributed by atoms with Gasteiger partial charge in [0.1, 0.15) is 5.15 Å². The summed E-state index contributed by atoms with van der Waals surface area (Å²) in [5, 5.41) is -0.344. The number of alkyl halides is 6. The van der Waals surface area contributed by atoms with Crippen molar-refractivity contribution in [2.75, 3.05) is 0 Å². The summed E-state index contributed by atoms with van der Waals surface area (Å²) in [6.07, 6.45) is -7.09. The molecule has 0 aliphatic heterocycles. The van der Waals surface area contributed by atoms with Gasteiger partial charge < -0.3 is 0 Å². The summed E-state index contributed by atoms with van der Waals surface area (Å²) in [5.41, 5.74) is -0.433. The van der Waals surface area contributed by atoms with Gasteiger partial charge in [-0.3, -0.25) is 9.59 Å². The van der Waals surface area contributed by atoms with Crippen LogP contribution in [0.15, 0.2) is 137 Å². The van der Waals surface area contributed by atoms with E-state index in [2.05, 4.69) is 0 Å². The van der Waals surface area contributed by atoms with Crippen LogP contribution in [0, 0.1) is 0 Å². The van der Waals surface area contributed by atoms with Gasteiger partial charge in [0.2, 0.25) is 0 Å². The van der Waals surface area contributed by atoms with E-state index in [4.69, 9.17) is 11.6 Å². The van der Waals surface area contributed by atoms with Gasteiger partial charge >= 0.3 is 12.4 Å². The van der Waals surface area contributed by atoms with Crippen molar-refractivity contribution in [2.45, 2.75) is 22.1 Å². The molecule has 0 atom stereocenters. The third-order valence-electron chi connectivity index (χ3n) is 7.60. The molecule has 0 N–H and O–H groups in total. The summed E-state index contributed by atoms with van der Waals surface area (Å²) in [7, 11) is -8.52. The fourth-order valence-corrected chi connectivity index (χ4v) is 8.28. The van der Waals surface area contributed by atoms with Crippen LogP contribution in [-0.2, 0) is 32.4 Å². The molecule has 0 aliphatic carbocycles. The van der Waals surface area contributed by atoms with E-state index >= 15 is 0 Å². The Labute approximate surface area is 303 Å². The molecule has 0 amide bonds. The fraction of sp³-hybridized carbons (Fsp3) is 0.0556. The first-order valence-electron chi connectivity index (χ1n) is 14.9. The summed E-state index contributed by atoms with van der Waals surface area (Å²) in [6, 6.07) is 25.8. The second-order valence-electron chi connectivity index (χ2n) is 11.0. The number of carbonyl (C=O) groups is 2. The Morgan fingerprint density at radius 1 is 0.547 bits per heavy atom. The van der Waals surface area contributed by atoms with Gasteiger partial charge in [-0.1, -0.05) is 72.3 Å². The number of rotatable bonds is 8. The van der Waals surface area contributed by atoms with Crippen molar-refractivity contribution in [3.05, 3.63) is 155 Å². The summed E-state index contributed by atoms with van der Waals surface area (Å²) >= 11 is 6.09. The number of carbonyl (C=O) groups excluding carboxylic acids is 2. The molecule has 0 bridgehead atoms. The quantitative estimate of drug-likeness (QED) is 0.112. The van der Waals surface area contributed by atoms with Gasteiger partial charge in [0.15, 0.2) is 12.6 Å². The molecule has 274 valence electrons. The third kappa shape index (κ3) is 8.14. The Morgan fingerprint density at radius 2 is 0.981 bits per heavy atom. The van der Waals surface area contributed by atoms with Crippen molar-refractivity contribution >= 4 is 44.2 Å². The zero-order valence-corrected chi connectivity index (χ0v) is 29.0. The first-order valence-corrected chi connectivity index (χ1v) is 18.2. The Hall–Kier alpha value is -5.45. The standard InChI is InChI=1S/C18H11ClF3NO3S.C18H12F3NO3S/c19-17-13(11-24)10-16(12-4-2-1-3-5-12)23(17)27(25,26)15-8-6-14(7-9-15)18(20,21)22;19-18(20,21)15-6-8-16(9-7-15)26(24,25)22-11-13(12-23)10-17(22)14-4-2-1-3-5-14/h1-11H;1-12H. The summed E-state index contributed by atoms with van der Waals surface area (Å²) in [4.78, 5) is 21.6. The number of hydrogen-bond donors (Lipinski definition) is 0. The predicted molar refractivity (Wildman–Crippen MR) is 184 cm³/mol. The molecule has 0 fully saturated rings. The first-order chi connectivity index (χ1) is 24.9. The molecule has 2 aromatic heterocycles. The molecule has 0 saturated carbocycles. The number of aromatic nitrogens is 2. The lowest BCUT2D eigenvalue weighted by molar-refractivity contribution is -0.138. The molecular formula is C36H23ClF6N2O6S2. The maximum absolute atomic E-state index is 13.0. The molecule has 4 aromatic carbocycles. The van der Waals surface area contributed by atoms with E-state index in [1.807, 2.05) is 0 Å². The molecule has 6 aromatic rings. The Bertz CT molecular complexity index is 2480. The molecule has 0 unspecified atom stereocenters. The van der Waals surface area contributed by atoms with Crippen LogP contribution in [0.4, 0.5) is 26.3 Å². The highest BCUT2D eigenvalue weighted by Gasteiger charge is 2.33. The molecule has 6 rings (SSSR count). The van der Waals surface area contributed by atoms with Gasteiger partial charge in [0, 0.05) is 11.8 Å². The zero-order valence-electron chi connectivity index (χ0n) is 26.6. The zero-order chi connectivity index (χ0) is 38.8. The number of nitrogens with zero attached hydrogens (tertiary/aromatic N) is 2. The Balaban J connectivity index is 0.000000204. The normalized spacial score (nSPS) is 12.1. The smallest absolute Gasteiger partial charge is 0.298 e. The van der Waals surface area contributed by atoms with Crippen molar-refractivity contribution in [1.82, 2.24) is 7.94 Å². The highest BCUT2D eigenvalue weighted by Crippen LogP contribution is 2.35. The van der Waals surface area contributed by atoms with E-state index < -0.39 is 43.5 Å². The van der Waals surface area contributed by atoms with Gasteiger partial charge in [-0.2, -0.15) is 26.3 Å². The number of benzene rings is 4. The highest BCUT2D eigenvalue weighted by molar-refractivity contribution is 7.90. The predicted octanol–water partition coefficient (Wildman–Crippen LogP) is 9.10. The lowest BCUT2D eigenvalue weighted by Gasteiger charge is -2.13. The van der Waals surface area contributed by atoms with Gasteiger partial charge in [0.25, 0.3) is 20.0 Å². The fourth-order valence-electron chi connectivity index (χ4n) is 5.01. The van der Waals surface area contributed by atoms with E-state index in [0.29, 0.717) is 48.0 Å². The van der Waals surface area contributed by atoms with Crippen LogP contribution < -0.4 is 0 Å². The summed E-state index contributed by atoms with van der Waals surface area (Å²) in [6.45, 7) is 0. The average molecular weight is 793 g/mol. The molecule has 0 spiro atoms. The van der Waals surface area contributed by atoms with Crippen molar-refractivity contribution in [3.8, 4) is 22.5 Å². The number of aldehydes is 2. The van der Waals surface area contributed by atoms with E-state index in [1.54, 1.807) is 60.7 Å². The Morgan fingerprint density at radius 3 is 1.40 bits per heavy atom. The number of hydrogen-bond acceptors (Lipinski definition) is 6. The summed E-state index contributed by atoms with van der Waals surface area (Å²) < 4.78 is 130. The monoisotopic (exact) mass is 792 g/mol. The van der Waals surface area contributed by atoms with Crippen molar-refractivity contribution in [1.29, 1.82) is 0 Å². The topological polar surface area (TPSA) is 112 Å². The summed E-state index contributed by atoms with van der Waals surface area (Å²) in [5.74, 6) is 0. The van der Waals surface area contributed by atoms with E-state index in [1.165, 1.54) is 12.1 Å². The maximum atomic E-state index is 13.0. The van der Waals surface area contributed by atoms with Crippen LogP contribution in [0.2, 0.25) is 5.15 Å². The van der Waals surface area contributed by atoms with Crippen LogP contribution in [0.25, 0.3) is 22.5 Å². The average Bonchev–Trinajstić information content (AvgIpc) is 3.74. The second-order valence-corrected chi connectivity index (χ2v) is 15.0. The van der Waals surface area contributed by atoms with Gasteiger partial charge in [-0.25, -0.2) is 24.8 Å². The van der Waals surface area contributed by atoms with Gasteiger partial charge in [0.05, 0.1) is 37.9 Å².